The molecule has 2 heterocycles. The second-order valence-electron chi connectivity index (χ2n) is 6.30. The van der Waals surface area contributed by atoms with Crippen LogP contribution in [0.5, 0.6) is 0 Å². The number of hydrogen-bond donors (Lipinski definition) is 1. The lowest BCUT2D eigenvalue weighted by Gasteiger charge is -2.24. The van der Waals surface area contributed by atoms with E-state index in [2.05, 4.69) is 4.98 Å². The minimum Gasteiger partial charge on any atom is -0.371 e. The molecule has 0 unspecified atom stereocenters. The summed E-state index contributed by atoms with van der Waals surface area (Å²) in [7, 11) is -3.94. The van der Waals surface area contributed by atoms with E-state index in [1.807, 2.05) is 43.3 Å². The molecule has 1 aromatic heterocycles. The Hall–Kier alpha value is -2.35. The highest BCUT2D eigenvalue weighted by molar-refractivity contribution is 7.99. The van der Waals surface area contributed by atoms with E-state index in [1.54, 1.807) is 36.5 Å². The lowest BCUT2D eigenvalue weighted by Crippen LogP contribution is -2.38. The summed E-state index contributed by atoms with van der Waals surface area (Å²) in [5.74, 6) is 0.277. The molecule has 0 saturated carbocycles. The van der Waals surface area contributed by atoms with Gasteiger partial charge < -0.3 is 5.11 Å². The first kappa shape index (κ1) is 18.0. The molecule has 27 heavy (non-hydrogen) atoms. The van der Waals surface area contributed by atoms with Crippen LogP contribution in [0, 0.1) is 6.92 Å². The molecule has 1 N–H and O–H groups in total. The molecule has 4 rings (SSSR count). The predicted octanol–water partition coefficient (Wildman–Crippen LogP) is 3.75. The van der Waals surface area contributed by atoms with Crippen LogP contribution < -0.4 is 4.31 Å². The Morgan fingerprint density at radius 2 is 1.70 bits per heavy atom. The molecule has 1 aliphatic heterocycles. The number of pyridine rings is 1. The lowest BCUT2D eigenvalue weighted by atomic mass is 10.2. The standard InChI is InChI=1S/C20H18N2O3S2/c1-14-9-11-16(12-10-14)27(24,25)22-19-17(8-5-13-21-19)18(20(22)23)26-15-6-3-2-4-7-15/h2-13,18,20,23H,1H3/t18-,20+/m0/s1. The molecule has 2 atom stereocenters. The Morgan fingerprint density at radius 3 is 2.41 bits per heavy atom. The van der Waals surface area contributed by atoms with Crippen molar-refractivity contribution in [3.05, 3.63) is 84.1 Å². The molecule has 2 aromatic carbocycles. The molecule has 7 heteroatoms. The van der Waals surface area contributed by atoms with Gasteiger partial charge in [-0.3, -0.25) is 0 Å². The molecular formula is C20H18N2O3S2. The number of rotatable bonds is 4. The fourth-order valence-corrected chi connectivity index (χ4v) is 5.81. The van der Waals surface area contributed by atoms with Crippen molar-refractivity contribution < 1.29 is 13.5 Å². The minimum atomic E-state index is -3.94. The average Bonchev–Trinajstić information content (AvgIpc) is 2.95. The molecule has 0 bridgehead atoms. The van der Waals surface area contributed by atoms with Gasteiger partial charge in [0.1, 0.15) is 5.82 Å². The molecule has 0 fully saturated rings. The van der Waals surface area contributed by atoms with Gasteiger partial charge in [0.05, 0.1) is 10.1 Å². The van der Waals surface area contributed by atoms with Crippen LogP contribution in [0.1, 0.15) is 16.4 Å². The summed E-state index contributed by atoms with van der Waals surface area (Å²) >= 11 is 1.42. The van der Waals surface area contributed by atoms with Gasteiger partial charge in [-0.2, -0.15) is 0 Å². The Morgan fingerprint density at radius 1 is 1.00 bits per heavy atom. The van der Waals surface area contributed by atoms with Crippen LogP contribution >= 0.6 is 11.8 Å². The fraction of sp³-hybridized carbons (Fsp3) is 0.150. The summed E-state index contributed by atoms with van der Waals surface area (Å²) < 4.78 is 27.5. The Balaban J connectivity index is 1.77. The van der Waals surface area contributed by atoms with Gasteiger partial charge in [0.15, 0.2) is 6.23 Å². The van der Waals surface area contributed by atoms with Crippen molar-refractivity contribution in [3.8, 4) is 0 Å². The second kappa shape index (κ2) is 6.99. The van der Waals surface area contributed by atoms with Gasteiger partial charge in [-0.1, -0.05) is 42.0 Å². The van der Waals surface area contributed by atoms with Crippen molar-refractivity contribution in [1.82, 2.24) is 4.98 Å². The van der Waals surface area contributed by atoms with E-state index < -0.39 is 21.5 Å². The monoisotopic (exact) mass is 398 g/mol. The maximum Gasteiger partial charge on any atom is 0.267 e. The van der Waals surface area contributed by atoms with Crippen LogP contribution in [0.15, 0.2) is 82.7 Å². The van der Waals surface area contributed by atoms with E-state index in [4.69, 9.17) is 0 Å². The first-order chi connectivity index (χ1) is 13.0. The van der Waals surface area contributed by atoms with Gasteiger partial charge in [-0.05, 0) is 37.3 Å². The normalized spacial score (nSPS) is 19.1. The van der Waals surface area contributed by atoms with Crippen LogP contribution in [0.25, 0.3) is 0 Å². The summed E-state index contributed by atoms with van der Waals surface area (Å²) in [5, 5.41) is 10.5. The number of benzene rings is 2. The number of aliphatic hydroxyl groups is 1. The van der Waals surface area contributed by atoms with Crippen LogP contribution in [-0.2, 0) is 10.0 Å². The zero-order chi connectivity index (χ0) is 19.0. The van der Waals surface area contributed by atoms with Crippen LogP contribution in [-0.4, -0.2) is 24.7 Å². The Kier molecular flexibility index (Phi) is 4.67. The Bertz CT molecular complexity index is 1050. The molecule has 5 nitrogen and oxygen atoms in total. The second-order valence-corrected chi connectivity index (χ2v) is 9.33. The zero-order valence-corrected chi connectivity index (χ0v) is 16.2. The summed E-state index contributed by atoms with van der Waals surface area (Å²) in [6.07, 6.45) is 0.296. The van der Waals surface area contributed by atoms with E-state index in [0.717, 1.165) is 14.8 Å². The van der Waals surface area contributed by atoms with Gasteiger partial charge in [0, 0.05) is 16.7 Å². The number of aryl methyl sites for hydroxylation is 1. The van der Waals surface area contributed by atoms with E-state index >= 15 is 0 Å². The smallest absolute Gasteiger partial charge is 0.267 e. The number of nitrogens with zero attached hydrogens (tertiary/aromatic N) is 2. The maximum absolute atomic E-state index is 13.2. The van der Waals surface area contributed by atoms with Gasteiger partial charge in [0.2, 0.25) is 0 Å². The van der Waals surface area contributed by atoms with Crippen LogP contribution in [0.2, 0.25) is 0 Å². The number of thioether (sulfide) groups is 1. The minimum absolute atomic E-state index is 0.133. The molecule has 3 aromatic rings. The van der Waals surface area contributed by atoms with Crippen molar-refractivity contribution in [2.75, 3.05) is 4.31 Å². The van der Waals surface area contributed by atoms with Gasteiger partial charge >= 0.3 is 0 Å². The molecule has 0 radical (unpaired) electrons. The summed E-state index contributed by atoms with van der Waals surface area (Å²) in [4.78, 5) is 5.35. The van der Waals surface area contributed by atoms with Crippen molar-refractivity contribution in [2.45, 2.75) is 28.2 Å². The highest BCUT2D eigenvalue weighted by atomic mass is 32.2. The topological polar surface area (TPSA) is 70.5 Å². The van der Waals surface area contributed by atoms with Crippen molar-refractivity contribution in [1.29, 1.82) is 0 Å². The summed E-state index contributed by atoms with van der Waals surface area (Å²) in [6.45, 7) is 1.89. The number of aliphatic hydroxyl groups excluding tert-OH is 1. The molecule has 0 spiro atoms. The van der Waals surface area contributed by atoms with E-state index in [-0.39, 0.29) is 10.7 Å². The third-order valence-corrected chi connectivity index (χ3v) is 7.50. The summed E-state index contributed by atoms with van der Waals surface area (Å²) in [6, 6.07) is 19.8. The number of sulfonamides is 1. The van der Waals surface area contributed by atoms with Crippen molar-refractivity contribution in [2.24, 2.45) is 0 Å². The quantitative estimate of drug-likeness (QED) is 0.725. The molecule has 0 aliphatic carbocycles. The lowest BCUT2D eigenvalue weighted by molar-refractivity contribution is 0.192. The number of hydrogen-bond acceptors (Lipinski definition) is 5. The van der Waals surface area contributed by atoms with Gasteiger partial charge in [-0.25, -0.2) is 17.7 Å². The van der Waals surface area contributed by atoms with E-state index in [0.29, 0.717) is 5.56 Å². The van der Waals surface area contributed by atoms with Gasteiger partial charge in [-0.15, -0.1) is 11.8 Å². The number of anilines is 1. The maximum atomic E-state index is 13.2. The van der Waals surface area contributed by atoms with E-state index in [1.165, 1.54) is 11.8 Å². The third-order valence-electron chi connectivity index (χ3n) is 4.43. The van der Waals surface area contributed by atoms with Gasteiger partial charge in [0.25, 0.3) is 10.0 Å². The van der Waals surface area contributed by atoms with Crippen LogP contribution in [0.4, 0.5) is 5.82 Å². The average molecular weight is 399 g/mol. The van der Waals surface area contributed by atoms with E-state index in [9.17, 15) is 13.5 Å². The first-order valence-corrected chi connectivity index (χ1v) is 10.8. The largest absolute Gasteiger partial charge is 0.371 e. The molecule has 0 saturated heterocycles. The highest BCUT2D eigenvalue weighted by Crippen LogP contribution is 2.49. The van der Waals surface area contributed by atoms with Crippen molar-refractivity contribution >= 4 is 27.6 Å². The molecule has 1 aliphatic rings. The predicted molar refractivity (Wildman–Crippen MR) is 106 cm³/mol. The van der Waals surface area contributed by atoms with Crippen LogP contribution in [0.3, 0.4) is 0 Å². The highest BCUT2D eigenvalue weighted by Gasteiger charge is 2.45. The number of aromatic nitrogens is 1. The molecule has 0 amide bonds. The summed E-state index contributed by atoms with van der Waals surface area (Å²) in [5.41, 5.74) is 1.67. The molecule has 138 valence electrons. The van der Waals surface area contributed by atoms with Crippen molar-refractivity contribution in [3.63, 3.8) is 0 Å². The molecular weight excluding hydrogens is 380 g/mol. The first-order valence-electron chi connectivity index (χ1n) is 8.44. The number of fused-ring (bicyclic) bond motifs is 1. The SMILES string of the molecule is Cc1ccc(S(=O)(=O)N2c3ncccc3[C@H](Sc3ccccc3)[C@H]2O)cc1. The third kappa shape index (κ3) is 3.22. The zero-order valence-electron chi connectivity index (χ0n) is 14.6. The Labute approximate surface area is 162 Å². The fourth-order valence-electron chi connectivity index (χ4n) is 3.07.